The summed E-state index contributed by atoms with van der Waals surface area (Å²) in [5.74, 6) is -1.59. The third-order valence-corrected chi connectivity index (χ3v) is 6.03. The Bertz CT molecular complexity index is 1090. The van der Waals surface area contributed by atoms with Gasteiger partial charge in [0.25, 0.3) is 11.5 Å². The Morgan fingerprint density at radius 1 is 1.19 bits per heavy atom. The normalized spacial score (nSPS) is 17.5. The average Bonchev–Trinajstić information content (AvgIpc) is 2.95. The second-order valence-corrected chi connectivity index (χ2v) is 8.00. The lowest BCUT2D eigenvalue weighted by Crippen LogP contribution is -2.49. The second-order valence-electron chi connectivity index (χ2n) is 8.00. The first-order chi connectivity index (χ1) is 15.3. The van der Waals surface area contributed by atoms with E-state index < -0.39 is 40.2 Å². The molecule has 10 nitrogen and oxygen atoms in total. The Morgan fingerprint density at radius 3 is 2.53 bits per heavy atom. The van der Waals surface area contributed by atoms with E-state index in [9.17, 15) is 29.0 Å². The van der Waals surface area contributed by atoms with Crippen LogP contribution in [0.3, 0.4) is 0 Å². The number of hydrogen-bond acceptors (Lipinski definition) is 6. The molecule has 2 aromatic rings. The van der Waals surface area contributed by atoms with E-state index in [-0.39, 0.29) is 39.4 Å². The maximum absolute atomic E-state index is 13.1. The maximum Gasteiger partial charge on any atom is 0.407 e. The van der Waals surface area contributed by atoms with Gasteiger partial charge in [0.2, 0.25) is 5.75 Å². The molecule has 0 aliphatic carbocycles. The Labute approximate surface area is 182 Å². The molecule has 1 aromatic heterocycles. The molecule has 32 heavy (non-hydrogen) atoms. The molecular weight excluding hydrogens is 423 g/mol. The van der Waals surface area contributed by atoms with Gasteiger partial charge in [-0.15, -0.1) is 0 Å². The Balaban J connectivity index is 1.65. The van der Waals surface area contributed by atoms with Crippen LogP contribution < -0.4 is 10.9 Å². The molecule has 2 aliphatic rings. The fourth-order valence-corrected chi connectivity index (χ4v) is 4.17. The summed E-state index contributed by atoms with van der Waals surface area (Å²) in [5.41, 5.74) is -1.25. The first-order valence-electron chi connectivity index (χ1n) is 10.2. The van der Waals surface area contributed by atoms with Gasteiger partial charge in [-0.05, 0) is 30.5 Å². The molecule has 2 amide bonds. The molecule has 3 N–H and O–H groups in total. The third-order valence-electron chi connectivity index (χ3n) is 6.03. The van der Waals surface area contributed by atoms with E-state index in [4.69, 9.17) is 4.74 Å². The van der Waals surface area contributed by atoms with Gasteiger partial charge in [-0.25, -0.2) is 14.2 Å². The van der Waals surface area contributed by atoms with E-state index in [1.54, 1.807) is 0 Å². The van der Waals surface area contributed by atoms with E-state index in [1.807, 2.05) is 0 Å². The molecule has 3 heterocycles. The van der Waals surface area contributed by atoms with Crippen LogP contribution in [0.25, 0.3) is 0 Å². The van der Waals surface area contributed by atoms with Crippen molar-refractivity contribution in [2.75, 3.05) is 26.3 Å². The van der Waals surface area contributed by atoms with Crippen LogP contribution >= 0.6 is 0 Å². The number of likely N-dealkylation sites (tertiary alicyclic amines) is 1. The molecule has 11 heteroatoms. The molecule has 1 saturated heterocycles. The van der Waals surface area contributed by atoms with Crippen molar-refractivity contribution in [3.05, 3.63) is 57.5 Å². The van der Waals surface area contributed by atoms with Crippen LogP contribution in [0, 0.1) is 5.82 Å². The fourth-order valence-electron chi connectivity index (χ4n) is 4.17. The topological polar surface area (TPSA) is 134 Å². The Hall–Kier alpha value is -3.47. The molecule has 1 fully saturated rings. The SMILES string of the molecule is O=C(NCc1ccc(F)cc1)c1nc2n(c(=O)c1O)CCOCC21CCN(C(=O)O)CC1. The summed E-state index contributed by atoms with van der Waals surface area (Å²) in [5, 5.41) is 22.3. The minimum Gasteiger partial charge on any atom is -0.501 e. The number of aromatic nitrogens is 2. The van der Waals surface area contributed by atoms with Gasteiger partial charge in [0, 0.05) is 19.6 Å². The van der Waals surface area contributed by atoms with Gasteiger partial charge in [-0.2, -0.15) is 0 Å². The summed E-state index contributed by atoms with van der Waals surface area (Å²) >= 11 is 0. The van der Waals surface area contributed by atoms with Crippen LogP contribution in [-0.4, -0.2) is 63.0 Å². The van der Waals surface area contributed by atoms with Crippen molar-refractivity contribution in [2.24, 2.45) is 0 Å². The Kier molecular flexibility index (Phi) is 5.83. The minimum absolute atomic E-state index is 0.0560. The van der Waals surface area contributed by atoms with E-state index >= 15 is 0 Å². The quantitative estimate of drug-likeness (QED) is 0.642. The number of carbonyl (C=O) groups excluding carboxylic acids is 1. The van der Waals surface area contributed by atoms with Crippen LogP contribution in [0.2, 0.25) is 0 Å². The number of carbonyl (C=O) groups is 2. The lowest BCUT2D eigenvalue weighted by Gasteiger charge is -2.39. The van der Waals surface area contributed by atoms with Gasteiger partial charge in [0.15, 0.2) is 5.69 Å². The Morgan fingerprint density at radius 2 is 1.88 bits per heavy atom. The van der Waals surface area contributed by atoms with Crippen LogP contribution in [0.4, 0.5) is 9.18 Å². The molecule has 170 valence electrons. The van der Waals surface area contributed by atoms with Crippen molar-refractivity contribution >= 4 is 12.0 Å². The highest BCUT2D eigenvalue weighted by molar-refractivity contribution is 5.94. The predicted molar refractivity (Wildman–Crippen MR) is 109 cm³/mol. The number of hydrogen-bond donors (Lipinski definition) is 3. The standard InChI is InChI=1S/C21H23FN4O6/c22-14-3-1-13(2-4-14)11-23-17(28)15-16(27)18(29)26-9-10-32-12-21(19(26)24-15)5-7-25(8-6-21)20(30)31/h1-4,27H,5-12H2,(H,23,28)(H,30,31). The number of halogens is 1. The highest BCUT2D eigenvalue weighted by Gasteiger charge is 2.43. The summed E-state index contributed by atoms with van der Waals surface area (Å²) in [7, 11) is 0. The van der Waals surface area contributed by atoms with Crippen molar-refractivity contribution < 1.29 is 28.9 Å². The number of fused-ring (bicyclic) bond motifs is 2. The molecule has 0 unspecified atom stereocenters. The predicted octanol–water partition coefficient (Wildman–Crippen LogP) is 1.06. The number of rotatable bonds is 3. The van der Waals surface area contributed by atoms with Gasteiger partial charge < -0.3 is 25.2 Å². The highest BCUT2D eigenvalue weighted by atomic mass is 19.1. The number of amides is 2. The van der Waals surface area contributed by atoms with Crippen molar-refractivity contribution in [2.45, 2.75) is 31.3 Å². The van der Waals surface area contributed by atoms with Gasteiger partial charge in [0.1, 0.15) is 11.6 Å². The van der Waals surface area contributed by atoms with Gasteiger partial charge >= 0.3 is 6.09 Å². The van der Waals surface area contributed by atoms with Crippen LogP contribution in [0.5, 0.6) is 5.75 Å². The highest BCUT2D eigenvalue weighted by Crippen LogP contribution is 2.36. The smallest absolute Gasteiger partial charge is 0.407 e. The van der Waals surface area contributed by atoms with Crippen LogP contribution in [0.1, 0.15) is 34.7 Å². The number of piperidine rings is 1. The molecular formula is C21H23FN4O6. The van der Waals surface area contributed by atoms with Gasteiger partial charge in [-0.3, -0.25) is 14.2 Å². The lowest BCUT2D eigenvalue weighted by atomic mass is 9.78. The number of ether oxygens (including phenoxy) is 1. The van der Waals surface area contributed by atoms with Crippen molar-refractivity contribution in [3.63, 3.8) is 0 Å². The lowest BCUT2D eigenvalue weighted by molar-refractivity contribution is 0.0512. The maximum atomic E-state index is 13.1. The van der Waals surface area contributed by atoms with Gasteiger partial charge in [-0.1, -0.05) is 12.1 Å². The number of carboxylic acid groups (broad SMARTS) is 1. The molecule has 0 bridgehead atoms. The first-order valence-corrected chi connectivity index (χ1v) is 10.2. The largest absolute Gasteiger partial charge is 0.501 e. The summed E-state index contributed by atoms with van der Waals surface area (Å²) in [6.45, 7) is 1.16. The van der Waals surface area contributed by atoms with Crippen LogP contribution in [-0.2, 0) is 23.2 Å². The van der Waals surface area contributed by atoms with Crippen LogP contribution in [0.15, 0.2) is 29.1 Å². The molecule has 0 atom stereocenters. The molecule has 1 aromatic carbocycles. The number of benzene rings is 1. The molecule has 0 saturated carbocycles. The fraction of sp³-hybridized carbons (Fsp3) is 0.429. The monoisotopic (exact) mass is 446 g/mol. The summed E-state index contributed by atoms with van der Waals surface area (Å²) in [6, 6.07) is 5.55. The summed E-state index contributed by atoms with van der Waals surface area (Å²) < 4.78 is 20.1. The molecule has 0 radical (unpaired) electrons. The zero-order chi connectivity index (χ0) is 22.9. The third kappa shape index (κ3) is 4.03. The first kappa shape index (κ1) is 21.8. The average molecular weight is 446 g/mol. The number of aromatic hydroxyl groups is 1. The summed E-state index contributed by atoms with van der Waals surface area (Å²) in [6.07, 6.45) is -0.286. The zero-order valence-corrected chi connectivity index (χ0v) is 17.2. The number of nitrogens with one attached hydrogen (secondary N) is 1. The van der Waals surface area contributed by atoms with E-state index in [2.05, 4.69) is 10.3 Å². The molecule has 4 rings (SSSR count). The van der Waals surface area contributed by atoms with E-state index in [0.717, 1.165) is 0 Å². The minimum atomic E-state index is -1.02. The van der Waals surface area contributed by atoms with E-state index in [1.165, 1.54) is 33.7 Å². The van der Waals surface area contributed by atoms with Crippen molar-refractivity contribution in [1.29, 1.82) is 0 Å². The summed E-state index contributed by atoms with van der Waals surface area (Å²) in [4.78, 5) is 42.7. The molecule has 1 spiro atoms. The number of nitrogens with zero attached hydrogens (tertiary/aromatic N) is 3. The van der Waals surface area contributed by atoms with Crippen molar-refractivity contribution in [1.82, 2.24) is 19.8 Å². The zero-order valence-electron chi connectivity index (χ0n) is 17.2. The van der Waals surface area contributed by atoms with Crippen molar-refractivity contribution in [3.8, 4) is 5.75 Å². The molecule has 2 aliphatic heterocycles. The second kappa shape index (κ2) is 8.58. The van der Waals surface area contributed by atoms with E-state index in [0.29, 0.717) is 24.2 Å². The van der Waals surface area contributed by atoms with Gasteiger partial charge in [0.05, 0.1) is 25.2 Å².